The number of nitrogens with one attached hydrogen (secondary N) is 1. The molecule has 0 unspecified atom stereocenters. The quantitative estimate of drug-likeness (QED) is 0.768. The third-order valence-corrected chi connectivity index (χ3v) is 2.80. The van der Waals surface area contributed by atoms with Crippen molar-refractivity contribution in [1.82, 2.24) is 5.32 Å². The van der Waals surface area contributed by atoms with E-state index in [2.05, 4.69) is 5.32 Å². The predicted molar refractivity (Wildman–Crippen MR) is 54.5 cm³/mol. The molecule has 1 aromatic heterocycles. The molecule has 1 amide bonds. The molecule has 4 heteroatoms. The first-order chi connectivity index (χ1) is 6.11. The van der Waals surface area contributed by atoms with Crippen LogP contribution in [0.15, 0.2) is 17.5 Å². The molecule has 0 fully saturated rings. The molecular weight excluding hydrogens is 184 g/mol. The van der Waals surface area contributed by atoms with E-state index < -0.39 is 6.04 Å². The fourth-order valence-electron chi connectivity index (χ4n) is 0.954. The Bertz CT molecular complexity index is 269. The van der Waals surface area contributed by atoms with E-state index in [0.29, 0.717) is 0 Å². The fraction of sp³-hybridized carbons (Fsp3) is 0.444. The number of carbonyl (C=O) groups is 1. The zero-order valence-electron chi connectivity index (χ0n) is 7.78. The number of hydrogen-bond donors (Lipinski definition) is 2. The first kappa shape index (κ1) is 10.2. The SMILES string of the molecule is C[C@H](N)C(=O)N[C@@H](C)c1cccs1. The molecule has 0 radical (unpaired) electrons. The highest BCUT2D eigenvalue weighted by Gasteiger charge is 2.12. The summed E-state index contributed by atoms with van der Waals surface area (Å²) in [5.74, 6) is -0.110. The zero-order chi connectivity index (χ0) is 9.84. The van der Waals surface area contributed by atoms with Crippen molar-refractivity contribution in [3.8, 4) is 0 Å². The van der Waals surface area contributed by atoms with Gasteiger partial charge in [-0.1, -0.05) is 6.07 Å². The van der Waals surface area contributed by atoms with Crippen LogP contribution in [0.2, 0.25) is 0 Å². The van der Waals surface area contributed by atoms with Crippen LogP contribution in [0.25, 0.3) is 0 Å². The molecule has 0 aliphatic heterocycles. The van der Waals surface area contributed by atoms with Gasteiger partial charge in [0.15, 0.2) is 0 Å². The maximum atomic E-state index is 11.2. The second kappa shape index (κ2) is 4.39. The molecule has 0 aliphatic rings. The molecule has 0 aromatic carbocycles. The summed E-state index contributed by atoms with van der Waals surface area (Å²) in [4.78, 5) is 12.4. The third kappa shape index (κ3) is 2.82. The lowest BCUT2D eigenvalue weighted by atomic mass is 10.2. The van der Waals surface area contributed by atoms with Gasteiger partial charge in [-0.2, -0.15) is 0 Å². The summed E-state index contributed by atoms with van der Waals surface area (Å²) in [6.45, 7) is 3.63. The van der Waals surface area contributed by atoms with Crippen LogP contribution >= 0.6 is 11.3 Å². The maximum absolute atomic E-state index is 11.2. The average Bonchev–Trinajstić information content (AvgIpc) is 2.55. The highest BCUT2D eigenvalue weighted by molar-refractivity contribution is 7.10. The van der Waals surface area contributed by atoms with Crippen molar-refractivity contribution in [2.24, 2.45) is 5.73 Å². The van der Waals surface area contributed by atoms with Gasteiger partial charge in [0.1, 0.15) is 0 Å². The van der Waals surface area contributed by atoms with E-state index in [9.17, 15) is 4.79 Å². The van der Waals surface area contributed by atoms with Crippen LogP contribution in [0.4, 0.5) is 0 Å². The minimum atomic E-state index is -0.442. The number of thiophene rings is 1. The van der Waals surface area contributed by atoms with E-state index >= 15 is 0 Å². The van der Waals surface area contributed by atoms with Crippen molar-refractivity contribution >= 4 is 17.2 Å². The Hall–Kier alpha value is -0.870. The summed E-state index contributed by atoms with van der Waals surface area (Å²) in [5, 5.41) is 4.82. The van der Waals surface area contributed by atoms with Gasteiger partial charge in [0.2, 0.25) is 5.91 Å². The van der Waals surface area contributed by atoms with E-state index in [4.69, 9.17) is 5.73 Å². The largest absolute Gasteiger partial charge is 0.347 e. The highest BCUT2D eigenvalue weighted by Crippen LogP contribution is 2.17. The molecule has 1 heterocycles. The number of carbonyl (C=O) groups excluding carboxylic acids is 1. The Morgan fingerprint density at radius 1 is 1.62 bits per heavy atom. The molecule has 0 bridgehead atoms. The van der Waals surface area contributed by atoms with Gasteiger partial charge in [-0.25, -0.2) is 0 Å². The molecule has 0 saturated heterocycles. The topological polar surface area (TPSA) is 55.1 Å². The van der Waals surface area contributed by atoms with Gasteiger partial charge >= 0.3 is 0 Å². The normalized spacial score (nSPS) is 15.0. The maximum Gasteiger partial charge on any atom is 0.237 e. The monoisotopic (exact) mass is 198 g/mol. The van der Waals surface area contributed by atoms with Crippen molar-refractivity contribution in [3.05, 3.63) is 22.4 Å². The molecule has 0 saturated carbocycles. The summed E-state index contributed by atoms with van der Waals surface area (Å²) in [7, 11) is 0. The highest BCUT2D eigenvalue weighted by atomic mass is 32.1. The summed E-state index contributed by atoms with van der Waals surface area (Å²) < 4.78 is 0. The third-order valence-electron chi connectivity index (χ3n) is 1.74. The van der Waals surface area contributed by atoms with Crippen LogP contribution in [0.5, 0.6) is 0 Å². The van der Waals surface area contributed by atoms with Crippen LogP contribution in [0.3, 0.4) is 0 Å². The number of hydrogen-bond acceptors (Lipinski definition) is 3. The van der Waals surface area contributed by atoms with E-state index in [1.807, 2.05) is 24.4 Å². The van der Waals surface area contributed by atoms with Gasteiger partial charge in [-0.3, -0.25) is 4.79 Å². The van der Waals surface area contributed by atoms with Crippen molar-refractivity contribution in [2.45, 2.75) is 25.9 Å². The van der Waals surface area contributed by atoms with E-state index in [0.717, 1.165) is 4.88 Å². The number of nitrogens with two attached hydrogens (primary N) is 1. The molecular formula is C9H14N2OS. The molecule has 72 valence electrons. The van der Waals surface area contributed by atoms with Crippen LogP contribution < -0.4 is 11.1 Å². The Morgan fingerprint density at radius 2 is 2.31 bits per heavy atom. The summed E-state index contributed by atoms with van der Waals surface area (Å²) in [6.07, 6.45) is 0. The Morgan fingerprint density at radius 3 is 2.77 bits per heavy atom. The van der Waals surface area contributed by atoms with E-state index in [1.54, 1.807) is 18.3 Å². The summed E-state index contributed by atoms with van der Waals surface area (Å²) in [5.41, 5.74) is 5.43. The van der Waals surface area contributed by atoms with Gasteiger partial charge in [0.25, 0.3) is 0 Å². The first-order valence-corrected chi connectivity index (χ1v) is 5.08. The van der Waals surface area contributed by atoms with Crippen LogP contribution in [-0.4, -0.2) is 11.9 Å². The number of rotatable bonds is 3. The van der Waals surface area contributed by atoms with Gasteiger partial charge in [0.05, 0.1) is 12.1 Å². The zero-order valence-corrected chi connectivity index (χ0v) is 8.60. The molecule has 0 aliphatic carbocycles. The fourth-order valence-corrected chi connectivity index (χ4v) is 1.69. The Balaban J connectivity index is 2.51. The molecule has 0 spiro atoms. The van der Waals surface area contributed by atoms with Crippen molar-refractivity contribution in [2.75, 3.05) is 0 Å². The Kier molecular flexibility index (Phi) is 3.45. The Labute approximate surface area is 81.9 Å². The van der Waals surface area contributed by atoms with Crippen molar-refractivity contribution in [3.63, 3.8) is 0 Å². The smallest absolute Gasteiger partial charge is 0.237 e. The van der Waals surface area contributed by atoms with Crippen molar-refractivity contribution < 1.29 is 4.79 Å². The lowest BCUT2D eigenvalue weighted by molar-refractivity contribution is -0.122. The van der Waals surface area contributed by atoms with Gasteiger partial charge in [-0.05, 0) is 25.3 Å². The molecule has 1 rings (SSSR count). The van der Waals surface area contributed by atoms with Gasteiger partial charge < -0.3 is 11.1 Å². The lowest BCUT2D eigenvalue weighted by Crippen LogP contribution is -2.39. The van der Waals surface area contributed by atoms with E-state index in [1.165, 1.54) is 0 Å². The minimum Gasteiger partial charge on any atom is -0.347 e. The second-order valence-corrected chi connectivity index (χ2v) is 4.01. The molecule has 13 heavy (non-hydrogen) atoms. The lowest BCUT2D eigenvalue weighted by Gasteiger charge is -2.13. The van der Waals surface area contributed by atoms with E-state index in [-0.39, 0.29) is 11.9 Å². The first-order valence-electron chi connectivity index (χ1n) is 4.20. The molecule has 3 N–H and O–H groups in total. The van der Waals surface area contributed by atoms with Gasteiger partial charge in [-0.15, -0.1) is 11.3 Å². The molecule has 3 nitrogen and oxygen atoms in total. The second-order valence-electron chi connectivity index (χ2n) is 3.03. The van der Waals surface area contributed by atoms with Gasteiger partial charge in [0, 0.05) is 4.88 Å². The van der Waals surface area contributed by atoms with Crippen LogP contribution in [0.1, 0.15) is 24.8 Å². The summed E-state index contributed by atoms with van der Waals surface area (Å²) >= 11 is 1.63. The van der Waals surface area contributed by atoms with Crippen LogP contribution in [-0.2, 0) is 4.79 Å². The van der Waals surface area contributed by atoms with Crippen molar-refractivity contribution in [1.29, 1.82) is 0 Å². The van der Waals surface area contributed by atoms with Crippen LogP contribution in [0, 0.1) is 0 Å². The number of amides is 1. The average molecular weight is 198 g/mol. The minimum absolute atomic E-state index is 0.0542. The summed E-state index contributed by atoms with van der Waals surface area (Å²) in [6, 6.07) is 3.58. The standard InChI is InChI=1S/C9H14N2OS/c1-6(10)9(12)11-7(2)8-4-3-5-13-8/h3-7H,10H2,1-2H3,(H,11,12)/t6-,7-/m0/s1. The molecule has 2 atom stereocenters. The predicted octanol–water partition coefficient (Wildman–Crippen LogP) is 1.27. The molecule has 1 aromatic rings.